The van der Waals surface area contributed by atoms with E-state index in [1.807, 2.05) is 6.92 Å². The van der Waals surface area contributed by atoms with Crippen molar-refractivity contribution in [1.29, 1.82) is 0 Å². The number of aromatic nitrogens is 3. The molecule has 0 fully saturated rings. The lowest BCUT2D eigenvalue weighted by molar-refractivity contribution is -0.118. The molecule has 1 heterocycles. The second-order valence-electron chi connectivity index (χ2n) is 2.78. The Kier molecular flexibility index (Phi) is 2.97. The molecule has 1 atom stereocenters. The predicted molar refractivity (Wildman–Crippen MR) is 46.4 cm³/mol. The maximum Gasteiger partial charge on any atom is 0.219 e. The van der Waals surface area contributed by atoms with Crippen LogP contribution in [0.4, 0.5) is 0 Å². The quantitative estimate of drug-likeness (QED) is 0.636. The lowest BCUT2D eigenvalue weighted by Gasteiger charge is -2.03. The second-order valence-corrected chi connectivity index (χ2v) is 2.78. The van der Waals surface area contributed by atoms with E-state index in [4.69, 9.17) is 11.5 Å². The molecule has 6 nitrogen and oxygen atoms in total. The molecule has 0 aliphatic heterocycles. The molecule has 4 N–H and O–H groups in total. The van der Waals surface area contributed by atoms with Crippen LogP contribution >= 0.6 is 0 Å². The van der Waals surface area contributed by atoms with Crippen LogP contribution < -0.4 is 11.5 Å². The molecular weight excluding hydrogens is 170 g/mol. The maximum absolute atomic E-state index is 10.5. The van der Waals surface area contributed by atoms with Crippen LogP contribution in [0.15, 0.2) is 6.20 Å². The number of rotatable bonds is 4. The lowest BCUT2D eigenvalue weighted by Crippen LogP contribution is -2.20. The number of nitrogens with two attached hydrogens (primary N) is 2. The number of nitrogens with zero attached hydrogens (tertiary/aromatic N) is 3. The fourth-order valence-electron chi connectivity index (χ4n) is 0.959. The fraction of sp³-hybridized carbons (Fsp3) is 0.571. The van der Waals surface area contributed by atoms with Crippen molar-refractivity contribution in [3.63, 3.8) is 0 Å². The molecule has 0 bridgehead atoms. The number of carbonyl (C=O) groups excluding carboxylic acids is 1. The molecule has 0 aliphatic rings. The Hall–Kier alpha value is -1.43. The summed E-state index contributed by atoms with van der Waals surface area (Å²) in [4.78, 5) is 10.5. The minimum atomic E-state index is -0.446. The van der Waals surface area contributed by atoms with Gasteiger partial charge in [0.25, 0.3) is 0 Å². The molecule has 0 aromatic carbocycles. The van der Waals surface area contributed by atoms with Crippen LogP contribution in [0.3, 0.4) is 0 Å². The highest BCUT2D eigenvalue weighted by Gasteiger charge is 2.12. The van der Waals surface area contributed by atoms with Gasteiger partial charge in [0.05, 0.1) is 17.9 Å². The summed E-state index contributed by atoms with van der Waals surface area (Å²) in [6.45, 7) is 2.67. The van der Waals surface area contributed by atoms with Gasteiger partial charge in [0, 0.05) is 13.0 Å². The average Bonchev–Trinajstić information content (AvgIpc) is 2.50. The standard InChI is InChI=1S/C7H13N5O/c1-2-12-4-6(10-11-12)5(8)3-7(9)13/h4-5H,2-3,8H2,1H3,(H2,9,13)/t5-/m1/s1. The highest BCUT2D eigenvalue weighted by molar-refractivity contribution is 5.74. The first-order valence-electron chi connectivity index (χ1n) is 4.07. The molecule has 0 radical (unpaired) electrons. The van der Waals surface area contributed by atoms with Crippen LogP contribution in [0.25, 0.3) is 0 Å². The first-order chi connectivity index (χ1) is 6.13. The van der Waals surface area contributed by atoms with Crippen LogP contribution in [0.1, 0.15) is 25.1 Å². The Morgan fingerprint density at radius 3 is 2.92 bits per heavy atom. The number of amides is 1. The third-order valence-corrected chi connectivity index (χ3v) is 1.68. The van der Waals surface area contributed by atoms with E-state index in [0.29, 0.717) is 5.69 Å². The fourth-order valence-corrected chi connectivity index (χ4v) is 0.959. The zero-order valence-corrected chi connectivity index (χ0v) is 7.47. The number of hydrogen-bond acceptors (Lipinski definition) is 4. The van der Waals surface area contributed by atoms with E-state index >= 15 is 0 Å². The van der Waals surface area contributed by atoms with Gasteiger partial charge >= 0.3 is 0 Å². The Balaban J connectivity index is 2.65. The molecule has 1 aromatic rings. The summed E-state index contributed by atoms with van der Waals surface area (Å²) in [6, 6.07) is -0.446. The molecule has 1 rings (SSSR count). The monoisotopic (exact) mass is 183 g/mol. The maximum atomic E-state index is 10.5. The first-order valence-corrected chi connectivity index (χ1v) is 4.07. The van der Waals surface area contributed by atoms with Gasteiger partial charge in [-0.1, -0.05) is 5.21 Å². The number of aryl methyl sites for hydroxylation is 1. The van der Waals surface area contributed by atoms with Crippen molar-refractivity contribution >= 4 is 5.91 Å². The van der Waals surface area contributed by atoms with Gasteiger partial charge in [-0.15, -0.1) is 5.10 Å². The van der Waals surface area contributed by atoms with Gasteiger partial charge in [-0.3, -0.25) is 9.48 Å². The third-order valence-electron chi connectivity index (χ3n) is 1.68. The van der Waals surface area contributed by atoms with Gasteiger partial charge in [0.2, 0.25) is 5.91 Å². The molecule has 0 saturated carbocycles. The molecular formula is C7H13N5O. The zero-order chi connectivity index (χ0) is 9.84. The van der Waals surface area contributed by atoms with Crippen LogP contribution in [-0.4, -0.2) is 20.9 Å². The molecule has 0 saturated heterocycles. The molecule has 0 unspecified atom stereocenters. The second kappa shape index (κ2) is 3.99. The van der Waals surface area contributed by atoms with Gasteiger partial charge in [-0.2, -0.15) is 0 Å². The van der Waals surface area contributed by atoms with Crippen molar-refractivity contribution in [2.45, 2.75) is 25.9 Å². The van der Waals surface area contributed by atoms with Crippen LogP contribution in [-0.2, 0) is 11.3 Å². The van der Waals surface area contributed by atoms with E-state index < -0.39 is 11.9 Å². The van der Waals surface area contributed by atoms with Crippen molar-refractivity contribution < 1.29 is 4.79 Å². The Morgan fingerprint density at radius 1 is 1.77 bits per heavy atom. The number of carbonyl (C=O) groups is 1. The SMILES string of the molecule is CCn1cc([C@H](N)CC(N)=O)nn1. The van der Waals surface area contributed by atoms with Gasteiger partial charge in [0.15, 0.2) is 0 Å². The van der Waals surface area contributed by atoms with E-state index in [2.05, 4.69) is 10.3 Å². The van der Waals surface area contributed by atoms with Gasteiger partial charge in [-0.05, 0) is 6.92 Å². The van der Waals surface area contributed by atoms with Gasteiger partial charge < -0.3 is 11.5 Å². The third kappa shape index (κ3) is 2.51. The summed E-state index contributed by atoms with van der Waals surface area (Å²) < 4.78 is 1.65. The van der Waals surface area contributed by atoms with Crippen molar-refractivity contribution in [3.05, 3.63) is 11.9 Å². The van der Waals surface area contributed by atoms with E-state index in [1.54, 1.807) is 10.9 Å². The summed E-state index contributed by atoms with van der Waals surface area (Å²) in [5, 5.41) is 7.62. The van der Waals surface area contributed by atoms with E-state index in [1.165, 1.54) is 0 Å². The van der Waals surface area contributed by atoms with Crippen molar-refractivity contribution in [1.82, 2.24) is 15.0 Å². The summed E-state index contributed by atoms with van der Waals surface area (Å²) in [6.07, 6.45) is 1.82. The zero-order valence-electron chi connectivity index (χ0n) is 7.47. The largest absolute Gasteiger partial charge is 0.370 e. The lowest BCUT2D eigenvalue weighted by atomic mass is 10.1. The highest BCUT2D eigenvalue weighted by Crippen LogP contribution is 2.08. The summed E-state index contributed by atoms with van der Waals surface area (Å²) in [7, 11) is 0. The summed E-state index contributed by atoms with van der Waals surface area (Å²) in [5.41, 5.74) is 11.2. The van der Waals surface area contributed by atoms with Crippen LogP contribution in [0.2, 0.25) is 0 Å². The molecule has 1 aromatic heterocycles. The van der Waals surface area contributed by atoms with E-state index in [-0.39, 0.29) is 6.42 Å². The predicted octanol–water partition coefficient (Wildman–Crippen LogP) is -0.827. The first kappa shape index (κ1) is 9.66. The Morgan fingerprint density at radius 2 is 2.46 bits per heavy atom. The van der Waals surface area contributed by atoms with Crippen LogP contribution in [0, 0.1) is 0 Å². The Bertz CT molecular complexity index is 295. The van der Waals surface area contributed by atoms with Crippen molar-refractivity contribution in [2.24, 2.45) is 11.5 Å². The number of primary amides is 1. The van der Waals surface area contributed by atoms with Crippen LogP contribution in [0.5, 0.6) is 0 Å². The average molecular weight is 183 g/mol. The molecule has 1 amide bonds. The minimum Gasteiger partial charge on any atom is -0.370 e. The highest BCUT2D eigenvalue weighted by atomic mass is 16.1. The summed E-state index contributed by atoms with van der Waals surface area (Å²) in [5.74, 6) is -0.432. The van der Waals surface area contributed by atoms with E-state index in [0.717, 1.165) is 6.54 Å². The molecule has 0 spiro atoms. The smallest absolute Gasteiger partial charge is 0.219 e. The molecule has 6 heteroatoms. The molecule has 72 valence electrons. The minimum absolute atomic E-state index is 0.0996. The van der Waals surface area contributed by atoms with E-state index in [9.17, 15) is 4.79 Å². The Labute approximate surface area is 75.9 Å². The topological polar surface area (TPSA) is 99.8 Å². The summed E-state index contributed by atoms with van der Waals surface area (Å²) >= 11 is 0. The molecule has 13 heavy (non-hydrogen) atoms. The normalized spacial score (nSPS) is 12.8. The number of hydrogen-bond donors (Lipinski definition) is 2. The van der Waals surface area contributed by atoms with Gasteiger partial charge in [0.1, 0.15) is 0 Å². The van der Waals surface area contributed by atoms with Crippen molar-refractivity contribution in [2.75, 3.05) is 0 Å². The van der Waals surface area contributed by atoms with Gasteiger partial charge in [-0.25, -0.2) is 0 Å². The van der Waals surface area contributed by atoms with Crippen molar-refractivity contribution in [3.8, 4) is 0 Å². The molecule has 0 aliphatic carbocycles.